The minimum absolute atomic E-state index is 0.0191. The molecule has 3 rings (SSSR count). The summed E-state index contributed by atoms with van der Waals surface area (Å²) in [6, 6.07) is 6.88. The summed E-state index contributed by atoms with van der Waals surface area (Å²) in [7, 11) is 1.97. The minimum Gasteiger partial charge on any atom is -0.478 e. The molecule has 0 spiro atoms. The molecule has 0 saturated heterocycles. The quantitative estimate of drug-likeness (QED) is 0.819. The zero-order chi connectivity index (χ0) is 17.7. The molecule has 0 amide bonds. The van der Waals surface area contributed by atoms with Crippen molar-refractivity contribution in [2.45, 2.75) is 38.5 Å². The molecular formula is C19H22N2O2S. The monoisotopic (exact) mass is 342 g/mol. The minimum atomic E-state index is -0.913. The first-order valence-corrected chi connectivity index (χ1v) is 8.73. The van der Waals surface area contributed by atoms with Crippen LogP contribution in [0, 0.1) is 0 Å². The summed E-state index contributed by atoms with van der Waals surface area (Å²) in [6.45, 7) is 8.79. The van der Waals surface area contributed by atoms with Crippen LogP contribution in [0.4, 0.5) is 10.8 Å². The van der Waals surface area contributed by atoms with Crippen LogP contribution in [0.5, 0.6) is 0 Å². The number of aromatic carboxylic acids is 1. The number of hydrogen-bond donors (Lipinski definition) is 1. The van der Waals surface area contributed by atoms with E-state index in [-0.39, 0.29) is 16.4 Å². The van der Waals surface area contributed by atoms with Crippen molar-refractivity contribution in [3.05, 3.63) is 52.6 Å². The highest BCUT2D eigenvalue weighted by Gasteiger charge is 2.37. The van der Waals surface area contributed by atoms with Gasteiger partial charge < -0.3 is 10.0 Å². The first kappa shape index (κ1) is 16.7. The molecule has 1 aromatic heterocycles. The molecule has 24 heavy (non-hydrogen) atoms. The first-order chi connectivity index (χ1) is 11.1. The number of carbonyl (C=O) groups is 1. The molecule has 126 valence electrons. The van der Waals surface area contributed by atoms with E-state index in [1.54, 1.807) is 23.5 Å². The smallest absolute Gasteiger partial charge is 0.335 e. The topological polar surface area (TPSA) is 53.4 Å². The lowest BCUT2D eigenvalue weighted by Gasteiger charge is -2.32. The number of carboxylic acid groups (broad SMARTS) is 1. The summed E-state index contributed by atoms with van der Waals surface area (Å²) in [4.78, 5) is 19.2. The van der Waals surface area contributed by atoms with Crippen molar-refractivity contribution in [1.29, 1.82) is 0 Å². The Labute approximate surface area is 146 Å². The van der Waals surface area contributed by atoms with E-state index in [1.807, 2.05) is 24.1 Å². The highest BCUT2D eigenvalue weighted by molar-refractivity contribution is 7.16. The molecule has 1 aliphatic rings. The molecule has 1 N–H and O–H groups in total. The van der Waals surface area contributed by atoms with Gasteiger partial charge in [-0.25, -0.2) is 9.78 Å². The number of anilines is 2. The van der Waals surface area contributed by atoms with E-state index < -0.39 is 5.97 Å². The van der Waals surface area contributed by atoms with Crippen LogP contribution < -0.4 is 4.90 Å². The highest BCUT2D eigenvalue weighted by atomic mass is 32.1. The van der Waals surface area contributed by atoms with Gasteiger partial charge in [-0.1, -0.05) is 39.8 Å². The largest absolute Gasteiger partial charge is 0.478 e. The average molecular weight is 342 g/mol. The third-order valence-corrected chi connectivity index (χ3v) is 5.99. The molecule has 2 aromatic rings. The van der Waals surface area contributed by atoms with Crippen molar-refractivity contribution in [2.75, 3.05) is 11.9 Å². The van der Waals surface area contributed by atoms with Crippen molar-refractivity contribution >= 4 is 28.1 Å². The van der Waals surface area contributed by atoms with Gasteiger partial charge in [-0.3, -0.25) is 0 Å². The normalized spacial score (nSPS) is 17.4. The molecule has 0 saturated carbocycles. The number of fused-ring (bicyclic) bond motifs is 1. The number of allylic oxidation sites excluding steroid dienone is 2. The SMILES string of the molecule is CN(c1ccc(C(=O)O)cc1)c1nc2c(s1)C(C)(C)C=CC2(C)C. The Morgan fingerprint density at radius 2 is 1.67 bits per heavy atom. The van der Waals surface area contributed by atoms with Gasteiger partial charge in [0.1, 0.15) is 0 Å². The van der Waals surface area contributed by atoms with Gasteiger partial charge in [-0.05, 0) is 24.3 Å². The molecule has 1 aliphatic carbocycles. The van der Waals surface area contributed by atoms with E-state index in [0.29, 0.717) is 0 Å². The molecule has 4 nitrogen and oxygen atoms in total. The van der Waals surface area contributed by atoms with Gasteiger partial charge >= 0.3 is 5.97 Å². The highest BCUT2D eigenvalue weighted by Crippen LogP contribution is 2.46. The van der Waals surface area contributed by atoms with Crippen LogP contribution in [-0.2, 0) is 10.8 Å². The van der Waals surface area contributed by atoms with Crippen LogP contribution in [-0.4, -0.2) is 23.1 Å². The molecule has 0 fully saturated rings. The summed E-state index contributed by atoms with van der Waals surface area (Å²) in [5, 5.41) is 9.95. The van der Waals surface area contributed by atoms with Gasteiger partial charge in [0.2, 0.25) is 0 Å². The van der Waals surface area contributed by atoms with Crippen LogP contribution >= 0.6 is 11.3 Å². The maximum atomic E-state index is 11.0. The second kappa shape index (κ2) is 5.45. The predicted octanol–water partition coefficient (Wildman–Crippen LogP) is 4.73. The van der Waals surface area contributed by atoms with Crippen LogP contribution in [0.1, 0.15) is 48.6 Å². The Bertz CT molecular complexity index is 781. The van der Waals surface area contributed by atoms with Crippen molar-refractivity contribution in [3.63, 3.8) is 0 Å². The van der Waals surface area contributed by atoms with Crippen LogP contribution in [0.25, 0.3) is 0 Å². The average Bonchev–Trinajstić information content (AvgIpc) is 2.99. The van der Waals surface area contributed by atoms with Gasteiger partial charge in [0.05, 0.1) is 11.3 Å². The van der Waals surface area contributed by atoms with Gasteiger partial charge in [-0.15, -0.1) is 11.3 Å². The number of aromatic nitrogens is 1. The van der Waals surface area contributed by atoms with E-state index in [1.165, 1.54) is 4.88 Å². The second-order valence-electron chi connectivity index (χ2n) is 7.36. The Kier molecular flexibility index (Phi) is 3.79. The number of thiazole rings is 1. The van der Waals surface area contributed by atoms with E-state index in [2.05, 4.69) is 39.8 Å². The van der Waals surface area contributed by atoms with Gasteiger partial charge in [-0.2, -0.15) is 0 Å². The fourth-order valence-corrected chi connectivity index (χ4v) is 4.13. The molecule has 0 bridgehead atoms. The van der Waals surface area contributed by atoms with Gasteiger partial charge in [0.15, 0.2) is 5.13 Å². The fourth-order valence-electron chi connectivity index (χ4n) is 2.84. The fraction of sp³-hybridized carbons (Fsp3) is 0.368. The molecule has 0 atom stereocenters. The van der Waals surface area contributed by atoms with Crippen LogP contribution in [0.2, 0.25) is 0 Å². The van der Waals surface area contributed by atoms with Crippen molar-refractivity contribution in [1.82, 2.24) is 4.98 Å². The Balaban J connectivity index is 1.99. The molecule has 5 heteroatoms. The number of carboxylic acids is 1. The van der Waals surface area contributed by atoms with Crippen LogP contribution in [0.3, 0.4) is 0 Å². The summed E-state index contributed by atoms with van der Waals surface area (Å²) in [5.41, 5.74) is 2.25. The molecule has 0 unspecified atom stereocenters. The Hall–Kier alpha value is -2.14. The van der Waals surface area contributed by atoms with E-state index >= 15 is 0 Å². The number of nitrogens with zero attached hydrogens (tertiary/aromatic N) is 2. The zero-order valence-corrected chi connectivity index (χ0v) is 15.4. The first-order valence-electron chi connectivity index (χ1n) is 7.91. The summed E-state index contributed by atoms with van der Waals surface area (Å²) in [5.74, 6) is -0.913. The number of benzene rings is 1. The number of hydrogen-bond acceptors (Lipinski definition) is 4. The maximum Gasteiger partial charge on any atom is 0.335 e. The molecular weight excluding hydrogens is 320 g/mol. The Morgan fingerprint density at radius 3 is 2.21 bits per heavy atom. The molecule has 0 radical (unpaired) electrons. The maximum absolute atomic E-state index is 11.0. The van der Waals surface area contributed by atoms with Gasteiger partial charge in [0.25, 0.3) is 0 Å². The van der Waals surface area contributed by atoms with Gasteiger partial charge in [0, 0.05) is 28.4 Å². The van der Waals surface area contributed by atoms with E-state index in [4.69, 9.17) is 10.1 Å². The second-order valence-corrected chi connectivity index (χ2v) is 8.34. The lowest BCUT2D eigenvalue weighted by molar-refractivity contribution is 0.0697. The van der Waals surface area contributed by atoms with Crippen molar-refractivity contribution in [2.24, 2.45) is 0 Å². The molecule has 0 aliphatic heterocycles. The van der Waals surface area contributed by atoms with Crippen LogP contribution in [0.15, 0.2) is 36.4 Å². The summed E-state index contributed by atoms with van der Waals surface area (Å²) < 4.78 is 0. The van der Waals surface area contributed by atoms with E-state index in [9.17, 15) is 4.79 Å². The van der Waals surface area contributed by atoms with Crippen molar-refractivity contribution in [3.8, 4) is 0 Å². The molecule has 1 aromatic carbocycles. The third-order valence-electron chi connectivity index (χ3n) is 4.52. The lowest BCUT2D eigenvalue weighted by atomic mass is 9.75. The standard InChI is InChI=1S/C19H22N2O2S/c1-18(2)10-11-19(3,4)15-14(18)20-17(24-15)21(5)13-8-6-12(7-9-13)16(22)23/h6-11H,1-5H3,(H,22,23). The predicted molar refractivity (Wildman–Crippen MR) is 98.8 cm³/mol. The summed E-state index contributed by atoms with van der Waals surface area (Å²) >= 11 is 1.71. The Morgan fingerprint density at radius 1 is 1.08 bits per heavy atom. The third kappa shape index (κ3) is 2.73. The lowest BCUT2D eigenvalue weighted by Crippen LogP contribution is -2.27. The van der Waals surface area contributed by atoms with E-state index in [0.717, 1.165) is 16.5 Å². The number of rotatable bonds is 3. The summed E-state index contributed by atoms with van der Waals surface area (Å²) in [6.07, 6.45) is 4.50. The van der Waals surface area contributed by atoms with Crippen molar-refractivity contribution < 1.29 is 9.90 Å². The molecule has 1 heterocycles. The zero-order valence-electron chi connectivity index (χ0n) is 14.6.